The van der Waals surface area contributed by atoms with Crippen LogP contribution in [0.2, 0.25) is 0 Å². The molecule has 2 aliphatic rings. The Morgan fingerprint density at radius 2 is 1.76 bits per heavy atom. The fraction of sp³-hybridized carbons (Fsp3) is 0.643. The number of likely N-dealkylation sites (N-methyl/N-ethyl adjacent to an activating group) is 1. The van der Waals surface area contributed by atoms with E-state index >= 15 is 0 Å². The Labute approximate surface area is 124 Å². The van der Waals surface area contributed by atoms with Crippen molar-refractivity contribution in [2.75, 3.05) is 64.4 Å². The summed E-state index contributed by atoms with van der Waals surface area (Å²) in [6.07, 6.45) is 0. The topological polar surface area (TPSA) is 61.8 Å². The van der Waals surface area contributed by atoms with E-state index < -0.39 is 0 Å². The van der Waals surface area contributed by atoms with E-state index in [2.05, 4.69) is 27.0 Å². The fourth-order valence-corrected chi connectivity index (χ4v) is 2.57. The molecular formula is C14H21N5O2. The highest BCUT2D eigenvalue weighted by atomic mass is 16.5. The van der Waals surface area contributed by atoms with Crippen molar-refractivity contribution in [1.29, 1.82) is 0 Å². The second kappa shape index (κ2) is 6.36. The maximum Gasteiger partial charge on any atom is 0.274 e. The molecule has 21 heavy (non-hydrogen) atoms. The molecule has 0 bridgehead atoms. The van der Waals surface area contributed by atoms with Crippen molar-refractivity contribution in [1.82, 2.24) is 20.0 Å². The van der Waals surface area contributed by atoms with Crippen molar-refractivity contribution in [3.05, 3.63) is 17.8 Å². The molecule has 0 aromatic carbocycles. The molecule has 0 saturated carbocycles. The van der Waals surface area contributed by atoms with Gasteiger partial charge in [-0.15, -0.1) is 10.2 Å². The summed E-state index contributed by atoms with van der Waals surface area (Å²) in [5.74, 6) is 0.789. The number of ether oxygens (including phenoxy) is 1. The molecule has 0 atom stereocenters. The number of piperazine rings is 1. The molecule has 0 aliphatic carbocycles. The smallest absolute Gasteiger partial charge is 0.274 e. The van der Waals surface area contributed by atoms with Crippen LogP contribution < -0.4 is 4.90 Å². The highest BCUT2D eigenvalue weighted by molar-refractivity contribution is 5.92. The van der Waals surface area contributed by atoms with Crippen LogP contribution in [0.15, 0.2) is 12.1 Å². The number of morpholine rings is 1. The van der Waals surface area contributed by atoms with Gasteiger partial charge in [-0.05, 0) is 19.2 Å². The molecule has 0 unspecified atom stereocenters. The van der Waals surface area contributed by atoms with E-state index in [1.165, 1.54) is 0 Å². The van der Waals surface area contributed by atoms with Crippen LogP contribution in [0.3, 0.4) is 0 Å². The predicted molar refractivity (Wildman–Crippen MR) is 78.5 cm³/mol. The Bertz CT molecular complexity index is 479. The van der Waals surface area contributed by atoms with Gasteiger partial charge in [-0.2, -0.15) is 0 Å². The molecule has 1 amide bonds. The van der Waals surface area contributed by atoms with Crippen molar-refractivity contribution >= 4 is 11.7 Å². The minimum Gasteiger partial charge on any atom is -0.378 e. The van der Waals surface area contributed by atoms with E-state index in [1.54, 1.807) is 6.07 Å². The van der Waals surface area contributed by atoms with Crippen LogP contribution in [0.1, 0.15) is 10.5 Å². The first kappa shape index (κ1) is 14.2. The maximum atomic E-state index is 12.4. The molecule has 114 valence electrons. The van der Waals surface area contributed by atoms with Gasteiger partial charge in [0, 0.05) is 39.3 Å². The van der Waals surface area contributed by atoms with E-state index in [1.807, 2.05) is 11.0 Å². The lowest BCUT2D eigenvalue weighted by molar-refractivity contribution is 0.0657. The van der Waals surface area contributed by atoms with Gasteiger partial charge in [0.2, 0.25) is 0 Å². The minimum absolute atomic E-state index is 0.0240. The molecule has 0 N–H and O–H groups in total. The van der Waals surface area contributed by atoms with Crippen LogP contribution >= 0.6 is 0 Å². The Hall–Kier alpha value is -1.73. The average molecular weight is 291 g/mol. The number of hydrogen-bond donors (Lipinski definition) is 0. The highest BCUT2D eigenvalue weighted by Crippen LogP contribution is 2.13. The summed E-state index contributed by atoms with van der Waals surface area (Å²) in [7, 11) is 2.07. The van der Waals surface area contributed by atoms with Gasteiger partial charge in [-0.1, -0.05) is 0 Å². The quantitative estimate of drug-likeness (QED) is 0.745. The first-order valence-electron chi connectivity index (χ1n) is 7.38. The van der Waals surface area contributed by atoms with Gasteiger partial charge in [0.1, 0.15) is 0 Å². The van der Waals surface area contributed by atoms with Crippen LogP contribution in [-0.2, 0) is 4.74 Å². The summed E-state index contributed by atoms with van der Waals surface area (Å²) in [6.45, 7) is 6.38. The summed E-state index contributed by atoms with van der Waals surface area (Å²) >= 11 is 0. The van der Waals surface area contributed by atoms with Gasteiger partial charge in [-0.25, -0.2) is 0 Å². The van der Waals surface area contributed by atoms with Crippen molar-refractivity contribution in [2.45, 2.75) is 0 Å². The molecule has 2 saturated heterocycles. The van der Waals surface area contributed by atoms with E-state index in [0.29, 0.717) is 18.9 Å². The third-order valence-electron chi connectivity index (χ3n) is 4.00. The number of carbonyl (C=O) groups is 1. The van der Waals surface area contributed by atoms with Gasteiger partial charge in [0.05, 0.1) is 13.2 Å². The highest BCUT2D eigenvalue weighted by Gasteiger charge is 2.22. The van der Waals surface area contributed by atoms with E-state index in [4.69, 9.17) is 4.74 Å². The second-order valence-electron chi connectivity index (χ2n) is 5.47. The minimum atomic E-state index is -0.0240. The number of anilines is 1. The zero-order valence-corrected chi connectivity index (χ0v) is 12.4. The lowest BCUT2D eigenvalue weighted by Crippen LogP contribution is -2.47. The molecule has 0 spiro atoms. The number of carbonyl (C=O) groups excluding carboxylic acids is 1. The van der Waals surface area contributed by atoms with Crippen molar-refractivity contribution in [3.8, 4) is 0 Å². The van der Waals surface area contributed by atoms with Crippen LogP contribution in [0.5, 0.6) is 0 Å². The Morgan fingerprint density at radius 1 is 1.05 bits per heavy atom. The predicted octanol–water partition coefficient (Wildman–Crippen LogP) is -0.299. The van der Waals surface area contributed by atoms with Gasteiger partial charge in [0.25, 0.3) is 5.91 Å². The zero-order valence-electron chi connectivity index (χ0n) is 12.4. The van der Waals surface area contributed by atoms with E-state index in [9.17, 15) is 4.79 Å². The zero-order chi connectivity index (χ0) is 14.7. The largest absolute Gasteiger partial charge is 0.378 e. The summed E-state index contributed by atoms with van der Waals surface area (Å²) in [5.41, 5.74) is 0.427. The number of aromatic nitrogens is 2. The normalized spacial score (nSPS) is 20.6. The van der Waals surface area contributed by atoms with Crippen LogP contribution in [0, 0.1) is 0 Å². The first-order chi connectivity index (χ1) is 10.2. The fourth-order valence-electron chi connectivity index (χ4n) is 2.57. The third kappa shape index (κ3) is 3.30. The van der Waals surface area contributed by atoms with E-state index in [0.717, 1.165) is 45.1 Å². The Kier molecular flexibility index (Phi) is 4.31. The molecule has 3 heterocycles. The number of rotatable bonds is 2. The number of amides is 1. The standard InChI is InChI=1S/C14H21N5O2/c1-17-4-6-19(7-5-17)14(20)12-2-3-13(16-15-12)18-8-10-21-11-9-18/h2-3H,4-11H2,1H3. The molecule has 2 aliphatic heterocycles. The Morgan fingerprint density at radius 3 is 2.38 bits per heavy atom. The molecule has 3 rings (SSSR count). The summed E-state index contributed by atoms with van der Waals surface area (Å²) < 4.78 is 5.32. The average Bonchev–Trinajstić information content (AvgIpc) is 2.56. The van der Waals surface area contributed by atoms with Crippen molar-refractivity contribution < 1.29 is 9.53 Å². The number of nitrogens with zero attached hydrogens (tertiary/aromatic N) is 5. The summed E-state index contributed by atoms with van der Waals surface area (Å²) in [4.78, 5) is 18.6. The monoisotopic (exact) mass is 291 g/mol. The van der Waals surface area contributed by atoms with E-state index in [-0.39, 0.29) is 5.91 Å². The van der Waals surface area contributed by atoms with Crippen molar-refractivity contribution in [3.63, 3.8) is 0 Å². The molecule has 7 nitrogen and oxygen atoms in total. The maximum absolute atomic E-state index is 12.4. The molecule has 0 radical (unpaired) electrons. The summed E-state index contributed by atoms with van der Waals surface area (Å²) in [5, 5.41) is 8.31. The van der Waals surface area contributed by atoms with Crippen molar-refractivity contribution in [2.24, 2.45) is 0 Å². The van der Waals surface area contributed by atoms with Crippen LogP contribution in [0.4, 0.5) is 5.82 Å². The first-order valence-corrected chi connectivity index (χ1v) is 7.38. The van der Waals surface area contributed by atoms with Gasteiger partial charge in [-0.3, -0.25) is 4.79 Å². The molecule has 1 aromatic rings. The molecule has 1 aromatic heterocycles. The summed E-state index contributed by atoms with van der Waals surface area (Å²) in [6, 6.07) is 3.65. The lowest BCUT2D eigenvalue weighted by atomic mass is 10.2. The van der Waals surface area contributed by atoms with Gasteiger partial charge in [0.15, 0.2) is 11.5 Å². The third-order valence-corrected chi connectivity index (χ3v) is 4.00. The van der Waals surface area contributed by atoms with Crippen LogP contribution in [-0.4, -0.2) is 85.4 Å². The molecule has 7 heteroatoms. The SMILES string of the molecule is CN1CCN(C(=O)c2ccc(N3CCOCC3)nn2)CC1. The van der Waals surface area contributed by atoms with Crippen LogP contribution in [0.25, 0.3) is 0 Å². The second-order valence-corrected chi connectivity index (χ2v) is 5.47. The Balaban J connectivity index is 1.64. The van der Waals surface area contributed by atoms with Gasteiger partial charge < -0.3 is 19.4 Å². The van der Waals surface area contributed by atoms with Gasteiger partial charge >= 0.3 is 0 Å². The number of hydrogen-bond acceptors (Lipinski definition) is 6. The molecular weight excluding hydrogens is 270 g/mol. The lowest BCUT2D eigenvalue weighted by Gasteiger charge is -2.32. The molecule has 2 fully saturated rings.